The number of hydrogen-bond donors (Lipinski definition) is 0. The van der Waals surface area contributed by atoms with Crippen molar-refractivity contribution in [2.24, 2.45) is 0 Å². The Morgan fingerprint density at radius 1 is 1.31 bits per heavy atom. The highest BCUT2D eigenvalue weighted by Crippen LogP contribution is 2.19. The van der Waals surface area contributed by atoms with E-state index in [0.717, 1.165) is 5.56 Å². The van der Waals surface area contributed by atoms with Gasteiger partial charge in [0.05, 0.1) is 17.3 Å². The van der Waals surface area contributed by atoms with Crippen LogP contribution in [0.3, 0.4) is 0 Å². The number of methoxy groups -OCH3 is 1. The van der Waals surface area contributed by atoms with Crippen molar-refractivity contribution in [3.05, 3.63) is 29.8 Å². The molecule has 0 saturated heterocycles. The fraction of sp³-hybridized carbons (Fsp3) is 0.500. The summed E-state index contributed by atoms with van der Waals surface area (Å²) in [6.45, 7) is 4.32. The summed E-state index contributed by atoms with van der Waals surface area (Å²) in [4.78, 5) is 0.385. The summed E-state index contributed by atoms with van der Waals surface area (Å²) in [5, 5.41) is 0. The lowest BCUT2D eigenvalue weighted by Crippen LogP contribution is -2.11. The summed E-state index contributed by atoms with van der Waals surface area (Å²) in [5.74, 6) is 0.364. The molecule has 1 aromatic carbocycles. The van der Waals surface area contributed by atoms with E-state index in [9.17, 15) is 8.42 Å². The first-order chi connectivity index (χ1) is 7.47. The third-order valence-corrected chi connectivity index (χ3v) is 4.12. The maximum Gasteiger partial charge on any atom is 0.180 e. The first-order valence-corrected chi connectivity index (χ1v) is 6.94. The Hall–Kier alpha value is -0.870. The van der Waals surface area contributed by atoms with E-state index in [2.05, 4.69) is 0 Å². The van der Waals surface area contributed by atoms with E-state index in [1.807, 2.05) is 19.9 Å². The molecular weight excluding hydrogens is 224 g/mol. The molecule has 0 heterocycles. The zero-order chi connectivity index (χ0) is 12.2. The highest BCUT2D eigenvalue weighted by Gasteiger charge is 2.14. The standard InChI is InChI=1S/C12H18O3S/c1-10(2)11-5-4-6-12(9-11)16(13,14)8-7-15-3/h4-6,9-10H,7-8H2,1-3H3. The lowest BCUT2D eigenvalue weighted by Gasteiger charge is -2.08. The van der Waals surface area contributed by atoms with E-state index in [4.69, 9.17) is 4.74 Å². The fourth-order valence-electron chi connectivity index (χ4n) is 1.38. The third kappa shape index (κ3) is 3.32. The number of rotatable bonds is 5. The molecule has 0 atom stereocenters. The van der Waals surface area contributed by atoms with Crippen molar-refractivity contribution in [1.82, 2.24) is 0 Å². The minimum absolute atomic E-state index is 0.0328. The summed E-state index contributed by atoms with van der Waals surface area (Å²) in [6.07, 6.45) is 0. The maximum atomic E-state index is 11.9. The molecule has 0 aromatic heterocycles. The van der Waals surface area contributed by atoms with E-state index >= 15 is 0 Å². The molecule has 0 radical (unpaired) electrons. The van der Waals surface area contributed by atoms with Gasteiger partial charge in [-0.05, 0) is 23.6 Å². The van der Waals surface area contributed by atoms with Gasteiger partial charge in [0.2, 0.25) is 0 Å². The van der Waals surface area contributed by atoms with Gasteiger partial charge in [-0.25, -0.2) is 8.42 Å². The summed E-state index contributed by atoms with van der Waals surface area (Å²) < 4.78 is 28.6. The normalized spacial score (nSPS) is 12.0. The lowest BCUT2D eigenvalue weighted by atomic mass is 10.0. The predicted octanol–water partition coefficient (Wildman–Crippen LogP) is 2.23. The number of sulfone groups is 1. The van der Waals surface area contributed by atoms with Crippen LogP contribution in [-0.2, 0) is 14.6 Å². The number of ether oxygens (including phenoxy) is 1. The average Bonchev–Trinajstić information content (AvgIpc) is 2.26. The monoisotopic (exact) mass is 242 g/mol. The van der Waals surface area contributed by atoms with Crippen molar-refractivity contribution in [1.29, 1.82) is 0 Å². The quantitative estimate of drug-likeness (QED) is 0.795. The SMILES string of the molecule is COCCS(=O)(=O)c1cccc(C(C)C)c1. The molecule has 0 aliphatic heterocycles. The van der Waals surface area contributed by atoms with Crippen LogP contribution in [0.1, 0.15) is 25.3 Å². The molecule has 1 aromatic rings. The van der Waals surface area contributed by atoms with Gasteiger partial charge in [0, 0.05) is 7.11 Å². The lowest BCUT2D eigenvalue weighted by molar-refractivity contribution is 0.217. The van der Waals surface area contributed by atoms with Crippen molar-refractivity contribution in [2.45, 2.75) is 24.7 Å². The van der Waals surface area contributed by atoms with Crippen molar-refractivity contribution < 1.29 is 13.2 Å². The Bertz CT molecular complexity index is 435. The van der Waals surface area contributed by atoms with E-state index < -0.39 is 9.84 Å². The van der Waals surface area contributed by atoms with Gasteiger partial charge < -0.3 is 4.74 Å². The molecular formula is C12H18O3S. The molecule has 1 rings (SSSR count). The summed E-state index contributed by atoms with van der Waals surface area (Å²) in [7, 11) is -1.70. The highest BCUT2D eigenvalue weighted by atomic mass is 32.2. The van der Waals surface area contributed by atoms with Crippen LogP contribution in [0.2, 0.25) is 0 Å². The van der Waals surface area contributed by atoms with Gasteiger partial charge in [-0.15, -0.1) is 0 Å². The topological polar surface area (TPSA) is 43.4 Å². The molecule has 3 nitrogen and oxygen atoms in total. The van der Waals surface area contributed by atoms with Crippen molar-refractivity contribution in [2.75, 3.05) is 19.5 Å². The van der Waals surface area contributed by atoms with Gasteiger partial charge in [-0.2, -0.15) is 0 Å². The third-order valence-electron chi connectivity index (χ3n) is 2.44. The summed E-state index contributed by atoms with van der Waals surface area (Å²) in [6, 6.07) is 7.11. The molecule has 4 heteroatoms. The second-order valence-electron chi connectivity index (χ2n) is 4.04. The molecule has 16 heavy (non-hydrogen) atoms. The molecule has 0 amide bonds. The van der Waals surface area contributed by atoms with Crippen molar-refractivity contribution in [3.63, 3.8) is 0 Å². The first kappa shape index (κ1) is 13.2. The number of benzene rings is 1. The summed E-state index contributed by atoms with van der Waals surface area (Å²) in [5.41, 5.74) is 1.04. The van der Waals surface area contributed by atoms with E-state index in [1.54, 1.807) is 18.2 Å². The van der Waals surface area contributed by atoms with Crippen LogP contribution >= 0.6 is 0 Å². The van der Waals surface area contributed by atoms with Gasteiger partial charge in [0.15, 0.2) is 9.84 Å². The van der Waals surface area contributed by atoms with E-state index in [-0.39, 0.29) is 12.4 Å². The second-order valence-corrected chi connectivity index (χ2v) is 6.15. The molecule has 90 valence electrons. The van der Waals surface area contributed by atoms with E-state index in [0.29, 0.717) is 10.8 Å². The predicted molar refractivity (Wildman–Crippen MR) is 64.5 cm³/mol. The largest absolute Gasteiger partial charge is 0.384 e. The molecule has 0 bridgehead atoms. The zero-order valence-corrected chi connectivity index (χ0v) is 10.8. The van der Waals surface area contributed by atoms with Crippen molar-refractivity contribution >= 4 is 9.84 Å². The molecule has 0 fully saturated rings. The van der Waals surface area contributed by atoms with Crippen LogP contribution in [0, 0.1) is 0 Å². The van der Waals surface area contributed by atoms with Crippen LogP contribution in [-0.4, -0.2) is 27.9 Å². The van der Waals surface area contributed by atoms with Crippen LogP contribution in [0.5, 0.6) is 0 Å². The first-order valence-electron chi connectivity index (χ1n) is 5.29. The maximum absolute atomic E-state index is 11.9. The Kier molecular flexibility index (Phi) is 4.50. The molecule has 0 unspecified atom stereocenters. The minimum Gasteiger partial charge on any atom is -0.384 e. The molecule has 0 spiro atoms. The van der Waals surface area contributed by atoms with Crippen LogP contribution in [0.25, 0.3) is 0 Å². The van der Waals surface area contributed by atoms with Crippen LogP contribution in [0.15, 0.2) is 29.2 Å². The Morgan fingerprint density at radius 2 is 2.00 bits per heavy atom. The fourth-order valence-corrected chi connectivity index (χ4v) is 2.60. The number of hydrogen-bond acceptors (Lipinski definition) is 3. The Balaban J connectivity index is 2.99. The smallest absolute Gasteiger partial charge is 0.180 e. The average molecular weight is 242 g/mol. The van der Waals surface area contributed by atoms with Gasteiger partial charge in [-0.1, -0.05) is 26.0 Å². The Labute approximate surface area is 97.4 Å². The van der Waals surface area contributed by atoms with Gasteiger partial charge in [0.1, 0.15) is 0 Å². The molecule has 0 saturated carbocycles. The highest BCUT2D eigenvalue weighted by molar-refractivity contribution is 7.91. The van der Waals surface area contributed by atoms with E-state index in [1.165, 1.54) is 7.11 Å². The molecule has 0 aliphatic rings. The van der Waals surface area contributed by atoms with Crippen LogP contribution in [0.4, 0.5) is 0 Å². The van der Waals surface area contributed by atoms with Gasteiger partial charge >= 0.3 is 0 Å². The minimum atomic E-state index is -3.20. The summed E-state index contributed by atoms with van der Waals surface area (Å²) >= 11 is 0. The second kappa shape index (κ2) is 5.46. The molecule has 0 aliphatic carbocycles. The Morgan fingerprint density at radius 3 is 2.56 bits per heavy atom. The van der Waals surface area contributed by atoms with Crippen LogP contribution < -0.4 is 0 Å². The van der Waals surface area contributed by atoms with Gasteiger partial charge in [-0.3, -0.25) is 0 Å². The molecule has 0 N–H and O–H groups in total. The van der Waals surface area contributed by atoms with Crippen molar-refractivity contribution in [3.8, 4) is 0 Å². The zero-order valence-electron chi connectivity index (χ0n) is 9.93. The van der Waals surface area contributed by atoms with Gasteiger partial charge in [0.25, 0.3) is 0 Å².